The largest absolute Gasteiger partial charge is 0.344 e. The fourth-order valence-electron chi connectivity index (χ4n) is 0.757. The van der Waals surface area contributed by atoms with Crippen LogP contribution >= 0.6 is 7.67 Å². The molecule has 0 spiro atoms. The smallest absolute Gasteiger partial charge is 0.306 e. The second-order valence-electron chi connectivity index (χ2n) is 2.60. The molecule has 5 heteroatoms. The SMILES string of the molecule is CCOP(=O)(N(C)C)N(C)C. The summed E-state index contributed by atoms with van der Waals surface area (Å²) in [7, 11) is 4.29. The van der Waals surface area contributed by atoms with E-state index in [9.17, 15) is 4.57 Å². The van der Waals surface area contributed by atoms with Crippen LogP contribution in [-0.2, 0) is 9.09 Å². The highest BCUT2D eigenvalue weighted by molar-refractivity contribution is 7.53. The molecule has 0 bridgehead atoms. The van der Waals surface area contributed by atoms with Crippen molar-refractivity contribution in [1.82, 2.24) is 9.34 Å². The van der Waals surface area contributed by atoms with Gasteiger partial charge in [0.1, 0.15) is 0 Å². The summed E-state index contributed by atoms with van der Waals surface area (Å²) in [5.41, 5.74) is 0. The average Bonchev–Trinajstić information content (AvgIpc) is 1.87. The van der Waals surface area contributed by atoms with Crippen molar-refractivity contribution in [2.24, 2.45) is 0 Å². The molecule has 0 saturated heterocycles. The molecule has 0 saturated carbocycles. The van der Waals surface area contributed by atoms with E-state index in [1.54, 1.807) is 37.5 Å². The Labute approximate surface area is 68.7 Å². The van der Waals surface area contributed by atoms with E-state index in [0.717, 1.165) is 0 Å². The second kappa shape index (κ2) is 4.21. The molecule has 0 aliphatic heterocycles. The molecule has 0 rings (SSSR count). The van der Waals surface area contributed by atoms with E-state index in [1.165, 1.54) is 0 Å². The van der Waals surface area contributed by atoms with Crippen LogP contribution in [-0.4, -0.2) is 44.1 Å². The normalized spacial score (nSPS) is 13.0. The van der Waals surface area contributed by atoms with E-state index in [1.807, 2.05) is 6.92 Å². The summed E-state index contributed by atoms with van der Waals surface area (Å²) >= 11 is 0. The van der Waals surface area contributed by atoms with Gasteiger partial charge in [-0.2, -0.15) is 0 Å². The molecule has 0 aliphatic rings. The Morgan fingerprint density at radius 1 is 1.18 bits per heavy atom. The van der Waals surface area contributed by atoms with E-state index < -0.39 is 7.67 Å². The third kappa shape index (κ3) is 2.56. The minimum atomic E-state index is -2.70. The van der Waals surface area contributed by atoms with Gasteiger partial charge in [-0.15, -0.1) is 0 Å². The lowest BCUT2D eigenvalue weighted by molar-refractivity contribution is 0.258. The average molecular weight is 180 g/mol. The summed E-state index contributed by atoms with van der Waals surface area (Å²) in [4.78, 5) is 0. The quantitative estimate of drug-likeness (QED) is 0.609. The molecule has 0 heterocycles. The van der Waals surface area contributed by atoms with Crippen molar-refractivity contribution in [3.63, 3.8) is 0 Å². The zero-order valence-electron chi connectivity index (χ0n) is 7.87. The summed E-state index contributed by atoms with van der Waals surface area (Å²) < 4.78 is 20.2. The van der Waals surface area contributed by atoms with Gasteiger partial charge in [0.2, 0.25) is 0 Å². The minimum Gasteiger partial charge on any atom is -0.306 e. The van der Waals surface area contributed by atoms with E-state index in [2.05, 4.69) is 0 Å². The standard InChI is InChI=1S/C6H17N2O2P/c1-6-10-11(9,7(2)3)8(4)5/h6H2,1-5H3. The molecule has 11 heavy (non-hydrogen) atoms. The molecule has 0 aliphatic carbocycles. The van der Waals surface area contributed by atoms with E-state index in [4.69, 9.17) is 4.52 Å². The van der Waals surface area contributed by atoms with Gasteiger partial charge in [0.15, 0.2) is 0 Å². The molecule has 0 fully saturated rings. The molecule has 0 aromatic heterocycles. The zero-order valence-corrected chi connectivity index (χ0v) is 8.76. The van der Waals surface area contributed by atoms with Crippen molar-refractivity contribution in [3.05, 3.63) is 0 Å². The first-order chi connectivity index (χ1) is 4.95. The van der Waals surface area contributed by atoms with Gasteiger partial charge in [0, 0.05) is 0 Å². The van der Waals surface area contributed by atoms with Crippen LogP contribution in [0.3, 0.4) is 0 Å². The molecule has 0 unspecified atom stereocenters. The van der Waals surface area contributed by atoms with Crippen LogP contribution in [0.25, 0.3) is 0 Å². The summed E-state index contributed by atoms with van der Waals surface area (Å²) in [5.74, 6) is 0. The van der Waals surface area contributed by atoms with Crippen molar-refractivity contribution in [2.75, 3.05) is 34.8 Å². The number of nitrogens with zero attached hydrogens (tertiary/aromatic N) is 2. The van der Waals surface area contributed by atoms with Crippen molar-refractivity contribution in [2.45, 2.75) is 6.92 Å². The Morgan fingerprint density at radius 3 is 1.64 bits per heavy atom. The van der Waals surface area contributed by atoms with Crippen LogP contribution in [0.1, 0.15) is 6.92 Å². The van der Waals surface area contributed by atoms with E-state index in [0.29, 0.717) is 6.61 Å². The molecule has 68 valence electrons. The summed E-state index contributed by atoms with van der Waals surface area (Å²) in [6, 6.07) is 0. The molecule has 0 atom stereocenters. The Hall–Kier alpha value is 0.110. The van der Waals surface area contributed by atoms with Gasteiger partial charge in [-0.05, 0) is 35.1 Å². The van der Waals surface area contributed by atoms with Crippen molar-refractivity contribution < 1.29 is 9.09 Å². The van der Waals surface area contributed by atoms with Crippen LogP contribution in [0.5, 0.6) is 0 Å². The van der Waals surface area contributed by atoms with Crippen LogP contribution in [0, 0.1) is 0 Å². The van der Waals surface area contributed by atoms with E-state index in [-0.39, 0.29) is 0 Å². The molecular formula is C6H17N2O2P. The first kappa shape index (κ1) is 11.1. The van der Waals surface area contributed by atoms with Gasteiger partial charge in [-0.1, -0.05) is 0 Å². The fraction of sp³-hybridized carbons (Fsp3) is 1.00. The maximum absolute atomic E-state index is 11.8. The summed E-state index contributed by atoms with van der Waals surface area (Å²) in [6.45, 7) is 2.30. The lowest BCUT2D eigenvalue weighted by Crippen LogP contribution is -2.22. The lowest BCUT2D eigenvalue weighted by atomic mass is 10.9. The third-order valence-electron chi connectivity index (χ3n) is 1.31. The lowest BCUT2D eigenvalue weighted by Gasteiger charge is -2.28. The Balaban J connectivity index is 4.40. The number of hydrogen-bond donors (Lipinski definition) is 0. The Kier molecular flexibility index (Phi) is 4.26. The maximum Gasteiger partial charge on any atom is 0.344 e. The van der Waals surface area contributed by atoms with Gasteiger partial charge in [-0.3, -0.25) is 4.57 Å². The van der Waals surface area contributed by atoms with E-state index >= 15 is 0 Å². The second-order valence-corrected chi connectivity index (χ2v) is 5.44. The predicted octanol–water partition coefficient (Wildman–Crippen LogP) is 1.25. The third-order valence-corrected chi connectivity index (χ3v) is 3.92. The minimum absolute atomic E-state index is 0.466. The number of rotatable bonds is 4. The monoisotopic (exact) mass is 180 g/mol. The van der Waals surface area contributed by atoms with Crippen LogP contribution in [0.4, 0.5) is 0 Å². The van der Waals surface area contributed by atoms with Gasteiger partial charge < -0.3 is 4.52 Å². The van der Waals surface area contributed by atoms with Gasteiger partial charge >= 0.3 is 7.67 Å². The molecule has 0 aromatic rings. The predicted molar refractivity (Wildman–Crippen MR) is 46.6 cm³/mol. The fourth-order valence-corrected chi connectivity index (χ4v) is 2.27. The van der Waals surface area contributed by atoms with Gasteiger partial charge in [0.05, 0.1) is 6.61 Å². The molecular weight excluding hydrogens is 163 g/mol. The van der Waals surface area contributed by atoms with Crippen molar-refractivity contribution in [3.8, 4) is 0 Å². The van der Waals surface area contributed by atoms with Crippen molar-refractivity contribution in [1.29, 1.82) is 0 Å². The first-order valence-corrected chi connectivity index (χ1v) is 5.08. The topological polar surface area (TPSA) is 32.8 Å². The van der Waals surface area contributed by atoms with Crippen LogP contribution < -0.4 is 0 Å². The highest BCUT2D eigenvalue weighted by atomic mass is 31.2. The summed E-state index contributed by atoms with van der Waals surface area (Å²) in [6.07, 6.45) is 0. The number of hydrogen-bond acceptors (Lipinski definition) is 2. The summed E-state index contributed by atoms with van der Waals surface area (Å²) in [5, 5.41) is 0. The zero-order chi connectivity index (χ0) is 9.07. The van der Waals surface area contributed by atoms with Crippen LogP contribution in [0.15, 0.2) is 0 Å². The maximum atomic E-state index is 11.8. The van der Waals surface area contributed by atoms with Crippen LogP contribution in [0.2, 0.25) is 0 Å². The highest BCUT2D eigenvalue weighted by Gasteiger charge is 2.28. The van der Waals surface area contributed by atoms with Crippen molar-refractivity contribution >= 4 is 7.67 Å². The highest BCUT2D eigenvalue weighted by Crippen LogP contribution is 2.50. The first-order valence-electron chi connectivity index (χ1n) is 3.55. The molecule has 0 N–H and O–H groups in total. The molecule has 0 amide bonds. The van der Waals surface area contributed by atoms with Gasteiger partial charge in [0.25, 0.3) is 0 Å². The Bertz CT molecular complexity index is 147. The molecule has 0 radical (unpaired) electrons. The molecule has 4 nitrogen and oxygen atoms in total. The Morgan fingerprint density at radius 2 is 1.55 bits per heavy atom. The van der Waals surface area contributed by atoms with Gasteiger partial charge in [-0.25, -0.2) is 9.34 Å². The molecule has 0 aromatic carbocycles.